The molecule has 236 valence electrons. The third kappa shape index (κ3) is 8.98. The van der Waals surface area contributed by atoms with E-state index in [4.69, 9.17) is 46.4 Å². The molecule has 3 N–H and O–H groups in total. The van der Waals surface area contributed by atoms with E-state index in [2.05, 4.69) is 16.0 Å². The van der Waals surface area contributed by atoms with E-state index in [9.17, 15) is 14.4 Å². The van der Waals surface area contributed by atoms with Gasteiger partial charge in [-0.2, -0.15) is 0 Å². The molecule has 5 rings (SSSR count). The number of carbonyl (C=O) groups excluding carboxylic acids is 3. The van der Waals surface area contributed by atoms with E-state index in [1.54, 1.807) is 91.0 Å². The van der Waals surface area contributed by atoms with Crippen LogP contribution in [0, 0.1) is 0 Å². The van der Waals surface area contributed by atoms with E-state index in [0.717, 1.165) is 10.5 Å². The molecule has 0 radical (unpaired) electrons. The second-order valence-corrected chi connectivity index (χ2v) is 12.7. The van der Waals surface area contributed by atoms with Crippen LogP contribution in [0.4, 0.5) is 11.4 Å². The number of halogens is 4. The van der Waals surface area contributed by atoms with E-state index >= 15 is 0 Å². The first-order chi connectivity index (χ1) is 22.7. The quantitative estimate of drug-likeness (QED) is 0.0990. The predicted molar refractivity (Wildman–Crippen MR) is 194 cm³/mol. The highest BCUT2D eigenvalue weighted by Gasteiger charge is 2.23. The minimum absolute atomic E-state index is 0.0399. The number of hydrogen-bond donors (Lipinski definition) is 3. The van der Waals surface area contributed by atoms with Crippen molar-refractivity contribution >= 4 is 93.3 Å². The minimum Gasteiger partial charge on any atom is -0.323 e. The number of thioether (sulfide) groups is 1. The lowest BCUT2D eigenvalue weighted by Gasteiger charge is -2.18. The van der Waals surface area contributed by atoms with Gasteiger partial charge >= 0.3 is 0 Å². The summed E-state index contributed by atoms with van der Waals surface area (Å²) in [5.41, 5.74) is 2.44. The number of anilines is 2. The zero-order valence-electron chi connectivity index (χ0n) is 24.3. The van der Waals surface area contributed by atoms with Crippen LogP contribution in [0.2, 0.25) is 20.1 Å². The van der Waals surface area contributed by atoms with E-state index < -0.39 is 17.1 Å². The van der Waals surface area contributed by atoms with E-state index in [1.165, 1.54) is 17.8 Å². The number of nitrogens with one attached hydrogen (secondary N) is 3. The van der Waals surface area contributed by atoms with Gasteiger partial charge in [0.25, 0.3) is 11.8 Å². The molecule has 47 heavy (non-hydrogen) atoms. The summed E-state index contributed by atoms with van der Waals surface area (Å²) in [4.78, 5) is 40.7. The molecule has 5 aromatic carbocycles. The van der Waals surface area contributed by atoms with Crippen molar-refractivity contribution < 1.29 is 14.4 Å². The summed E-state index contributed by atoms with van der Waals surface area (Å²) in [6.45, 7) is 0. The molecule has 0 fully saturated rings. The van der Waals surface area contributed by atoms with Crippen LogP contribution in [0.3, 0.4) is 0 Å². The Morgan fingerprint density at radius 1 is 0.638 bits per heavy atom. The number of carbonyl (C=O) groups is 3. The number of benzene rings is 5. The molecular weight excluding hydrogens is 696 g/mol. The molecule has 0 spiro atoms. The summed E-state index contributed by atoms with van der Waals surface area (Å²) in [6.07, 6.45) is 1.46. The van der Waals surface area contributed by atoms with Crippen LogP contribution in [0.15, 0.2) is 132 Å². The van der Waals surface area contributed by atoms with Crippen LogP contribution in [0.25, 0.3) is 6.08 Å². The molecule has 1 atom stereocenters. The Hall–Kier alpha value is -4.24. The van der Waals surface area contributed by atoms with Crippen molar-refractivity contribution in [1.82, 2.24) is 5.32 Å². The van der Waals surface area contributed by atoms with Crippen LogP contribution >= 0.6 is 58.2 Å². The van der Waals surface area contributed by atoms with Crippen molar-refractivity contribution in [2.75, 3.05) is 10.6 Å². The van der Waals surface area contributed by atoms with E-state index in [-0.39, 0.29) is 21.6 Å². The average molecular weight is 721 g/mol. The largest absolute Gasteiger partial charge is 0.323 e. The minimum atomic E-state index is -0.628. The van der Waals surface area contributed by atoms with Gasteiger partial charge in [0.1, 0.15) is 10.9 Å². The highest BCUT2D eigenvalue weighted by molar-refractivity contribution is 8.00. The Morgan fingerprint density at radius 2 is 1.26 bits per heavy atom. The zero-order valence-corrected chi connectivity index (χ0v) is 28.2. The standard InChI is InChI=1S/C36H25Cl4N3O3S/c37-27-14-7-13-24(31(27)39)21-30(43-34(44)23-11-5-2-6-12-23)35(45)41-25-17-19-26(20-18-25)47-33(22-9-3-1-4-10-22)36(46)42-29-16-8-15-28(38)32(29)40/h1-21,33H,(H,41,45)(H,42,46)(H,43,44)/b30-21-. The van der Waals surface area contributed by atoms with Gasteiger partial charge in [-0.25, -0.2) is 0 Å². The van der Waals surface area contributed by atoms with Crippen LogP contribution in [-0.2, 0) is 9.59 Å². The van der Waals surface area contributed by atoms with Crippen LogP contribution in [-0.4, -0.2) is 17.7 Å². The lowest BCUT2D eigenvalue weighted by atomic mass is 10.1. The maximum atomic E-state index is 13.5. The topological polar surface area (TPSA) is 87.3 Å². The number of amides is 3. The van der Waals surface area contributed by atoms with Crippen molar-refractivity contribution in [3.05, 3.63) is 164 Å². The number of rotatable bonds is 10. The summed E-state index contributed by atoms with van der Waals surface area (Å²) in [6, 6.07) is 34.9. The molecule has 0 aliphatic rings. The normalized spacial score (nSPS) is 11.8. The molecule has 0 aromatic heterocycles. The Morgan fingerprint density at radius 3 is 1.94 bits per heavy atom. The summed E-state index contributed by atoms with van der Waals surface area (Å²) >= 11 is 26.4. The van der Waals surface area contributed by atoms with Gasteiger partial charge in [-0.15, -0.1) is 11.8 Å². The lowest BCUT2D eigenvalue weighted by Crippen LogP contribution is -2.30. The van der Waals surface area contributed by atoms with E-state index in [1.807, 2.05) is 30.3 Å². The van der Waals surface area contributed by atoms with Gasteiger partial charge in [-0.3, -0.25) is 14.4 Å². The van der Waals surface area contributed by atoms with Gasteiger partial charge < -0.3 is 16.0 Å². The average Bonchev–Trinajstić information content (AvgIpc) is 3.08. The molecule has 11 heteroatoms. The smallest absolute Gasteiger partial charge is 0.272 e. The van der Waals surface area contributed by atoms with Gasteiger partial charge in [0.05, 0.1) is 25.8 Å². The van der Waals surface area contributed by atoms with Gasteiger partial charge in [0.15, 0.2) is 0 Å². The zero-order chi connectivity index (χ0) is 33.3. The first-order valence-corrected chi connectivity index (χ1v) is 16.5. The fraction of sp³-hybridized carbons (Fsp3) is 0.0278. The SMILES string of the molecule is O=C(Nc1ccc(SC(C(=O)Nc2cccc(Cl)c2Cl)c2ccccc2)cc1)/C(=C/c1cccc(Cl)c1Cl)NC(=O)c1ccccc1. The van der Waals surface area contributed by atoms with Gasteiger partial charge in [0.2, 0.25) is 5.91 Å². The predicted octanol–water partition coefficient (Wildman–Crippen LogP) is 10.2. The van der Waals surface area contributed by atoms with Gasteiger partial charge in [0, 0.05) is 16.1 Å². The van der Waals surface area contributed by atoms with Crippen molar-refractivity contribution in [3.8, 4) is 0 Å². The first-order valence-electron chi connectivity index (χ1n) is 14.1. The lowest BCUT2D eigenvalue weighted by molar-refractivity contribution is -0.116. The summed E-state index contributed by atoms with van der Waals surface area (Å²) < 4.78 is 0. The molecule has 0 saturated heterocycles. The van der Waals surface area contributed by atoms with E-state index in [0.29, 0.717) is 32.5 Å². The maximum absolute atomic E-state index is 13.5. The Bertz CT molecular complexity index is 1940. The molecule has 6 nitrogen and oxygen atoms in total. The molecule has 0 saturated carbocycles. The molecule has 0 aliphatic heterocycles. The summed E-state index contributed by atoms with van der Waals surface area (Å²) in [7, 11) is 0. The Kier molecular flexibility index (Phi) is 11.6. The molecular formula is C36H25Cl4N3O3S. The molecule has 0 bridgehead atoms. The van der Waals surface area contributed by atoms with Crippen LogP contribution in [0.1, 0.15) is 26.7 Å². The summed E-state index contributed by atoms with van der Waals surface area (Å²) in [5, 5.41) is 8.89. The number of hydrogen-bond acceptors (Lipinski definition) is 4. The maximum Gasteiger partial charge on any atom is 0.272 e. The van der Waals surface area contributed by atoms with Crippen molar-refractivity contribution in [3.63, 3.8) is 0 Å². The Labute approximate surface area is 296 Å². The molecule has 0 aliphatic carbocycles. The third-order valence-electron chi connectivity index (χ3n) is 6.73. The molecule has 3 amide bonds. The van der Waals surface area contributed by atoms with Crippen molar-refractivity contribution in [2.45, 2.75) is 10.1 Å². The summed E-state index contributed by atoms with van der Waals surface area (Å²) in [5.74, 6) is -1.33. The third-order valence-corrected chi connectivity index (χ3v) is 9.64. The molecule has 0 heterocycles. The second-order valence-electron chi connectivity index (χ2n) is 10.00. The highest BCUT2D eigenvalue weighted by atomic mass is 35.5. The Balaban J connectivity index is 1.35. The van der Waals surface area contributed by atoms with Gasteiger partial charge in [-0.05, 0) is 71.8 Å². The highest BCUT2D eigenvalue weighted by Crippen LogP contribution is 2.38. The first kappa shape index (κ1) is 34.1. The molecule has 1 unspecified atom stereocenters. The van der Waals surface area contributed by atoms with Crippen LogP contribution in [0.5, 0.6) is 0 Å². The fourth-order valence-corrected chi connectivity index (χ4v) is 6.12. The second kappa shape index (κ2) is 16.0. The van der Waals surface area contributed by atoms with Gasteiger partial charge in [-0.1, -0.05) is 113 Å². The monoisotopic (exact) mass is 719 g/mol. The fourth-order valence-electron chi connectivity index (χ4n) is 4.38. The van der Waals surface area contributed by atoms with Crippen molar-refractivity contribution in [1.29, 1.82) is 0 Å². The van der Waals surface area contributed by atoms with Crippen molar-refractivity contribution in [2.24, 2.45) is 0 Å². The molecule has 5 aromatic rings. The van der Waals surface area contributed by atoms with Crippen LogP contribution < -0.4 is 16.0 Å².